The molecule has 5 nitrogen and oxygen atoms in total. The highest BCUT2D eigenvalue weighted by Gasteiger charge is 2.05. The standard InChI is InChI=1S/C15H21N3O2/c1-20-14-11-13(8-7-12(14)5-4-10-17)18-15(19)6-2-3-9-16/h7-8,11H,2-3,6,9-10,16-17H2,1H3,(H,18,19). The van der Waals surface area contributed by atoms with Crippen LogP contribution in [0.2, 0.25) is 0 Å². The third-order valence-electron chi connectivity index (χ3n) is 2.67. The molecule has 0 aliphatic heterocycles. The molecule has 1 aromatic carbocycles. The lowest BCUT2D eigenvalue weighted by molar-refractivity contribution is -0.116. The van der Waals surface area contributed by atoms with Crippen LogP contribution in [0.4, 0.5) is 5.69 Å². The average molecular weight is 275 g/mol. The Kier molecular flexibility index (Phi) is 7.18. The lowest BCUT2D eigenvalue weighted by atomic mass is 10.1. The number of methoxy groups -OCH3 is 1. The van der Waals surface area contributed by atoms with E-state index < -0.39 is 0 Å². The van der Waals surface area contributed by atoms with Gasteiger partial charge in [-0.05, 0) is 31.5 Å². The Morgan fingerprint density at radius 3 is 2.80 bits per heavy atom. The number of nitrogens with one attached hydrogen (secondary N) is 1. The Morgan fingerprint density at radius 2 is 2.15 bits per heavy atom. The molecule has 5 N–H and O–H groups in total. The molecule has 20 heavy (non-hydrogen) atoms. The fourth-order valence-corrected chi connectivity index (χ4v) is 1.67. The predicted molar refractivity (Wildman–Crippen MR) is 80.5 cm³/mol. The monoisotopic (exact) mass is 275 g/mol. The van der Waals surface area contributed by atoms with Crippen LogP contribution in [0.5, 0.6) is 5.75 Å². The number of hydrogen-bond acceptors (Lipinski definition) is 4. The molecule has 1 amide bonds. The first-order valence-corrected chi connectivity index (χ1v) is 6.58. The zero-order valence-electron chi connectivity index (χ0n) is 11.7. The summed E-state index contributed by atoms with van der Waals surface area (Å²) in [7, 11) is 1.57. The van der Waals surface area contributed by atoms with Crippen LogP contribution in [-0.4, -0.2) is 26.1 Å². The molecule has 0 saturated carbocycles. The zero-order chi connectivity index (χ0) is 14.8. The van der Waals surface area contributed by atoms with Crippen molar-refractivity contribution in [1.82, 2.24) is 0 Å². The van der Waals surface area contributed by atoms with E-state index in [0.29, 0.717) is 30.9 Å². The molecule has 1 rings (SSSR count). The summed E-state index contributed by atoms with van der Waals surface area (Å²) in [4.78, 5) is 11.7. The number of nitrogens with two attached hydrogens (primary N) is 2. The van der Waals surface area contributed by atoms with Crippen LogP contribution in [0.1, 0.15) is 24.8 Å². The predicted octanol–water partition coefficient (Wildman–Crippen LogP) is 1.07. The Balaban J connectivity index is 2.70. The van der Waals surface area contributed by atoms with E-state index in [1.807, 2.05) is 0 Å². The first-order valence-electron chi connectivity index (χ1n) is 6.58. The summed E-state index contributed by atoms with van der Waals surface area (Å²) in [5.41, 5.74) is 12.2. The van der Waals surface area contributed by atoms with Crippen LogP contribution >= 0.6 is 0 Å². The number of carbonyl (C=O) groups is 1. The van der Waals surface area contributed by atoms with E-state index in [2.05, 4.69) is 17.2 Å². The topological polar surface area (TPSA) is 90.4 Å². The molecule has 0 aliphatic carbocycles. The smallest absolute Gasteiger partial charge is 0.224 e. The molecule has 1 aromatic rings. The average Bonchev–Trinajstić information content (AvgIpc) is 2.46. The van der Waals surface area contributed by atoms with Crippen LogP contribution in [-0.2, 0) is 4.79 Å². The van der Waals surface area contributed by atoms with E-state index in [-0.39, 0.29) is 5.91 Å². The Labute approximate surface area is 119 Å². The minimum Gasteiger partial charge on any atom is -0.495 e. The van der Waals surface area contributed by atoms with Gasteiger partial charge in [-0.15, -0.1) is 0 Å². The van der Waals surface area contributed by atoms with E-state index in [0.717, 1.165) is 18.4 Å². The van der Waals surface area contributed by atoms with Crippen molar-refractivity contribution in [2.45, 2.75) is 19.3 Å². The van der Waals surface area contributed by atoms with Crippen molar-refractivity contribution >= 4 is 11.6 Å². The second kappa shape index (κ2) is 8.97. The molecule has 0 aliphatic rings. The molecule has 0 bridgehead atoms. The SMILES string of the molecule is COc1cc(NC(=O)CCCCN)ccc1C#CCN. The van der Waals surface area contributed by atoms with Gasteiger partial charge in [0.1, 0.15) is 5.75 Å². The first kappa shape index (κ1) is 16.0. The molecule has 0 radical (unpaired) electrons. The van der Waals surface area contributed by atoms with Crippen LogP contribution in [0, 0.1) is 11.8 Å². The minimum absolute atomic E-state index is 0.0266. The van der Waals surface area contributed by atoms with Gasteiger partial charge in [-0.1, -0.05) is 11.8 Å². The van der Waals surface area contributed by atoms with E-state index in [1.54, 1.807) is 25.3 Å². The number of benzene rings is 1. The maximum Gasteiger partial charge on any atom is 0.224 e. The molecule has 0 atom stereocenters. The summed E-state index contributed by atoms with van der Waals surface area (Å²) in [6.45, 7) is 0.901. The van der Waals surface area contributed by atoms with Gasteiger partial charge in [-0.25, -0.2) is 0 Å². The van der Waals surface area contributed by atoms with Gasteiger partial charge < -0.3 is 21.5 Å². The number of amides is 1. The Bertz CT molecular complexity index is 504. The van der Waals surface area contributed by atoms with Crippen molar-refractivity contribution in [3.05, 3.63) is 23.8 Å². The van der Waals surface area contributed by atoms with Gasteiger partial charge in [-0.2, -0.15) is 0 Å². The van der Waals surface area contributed by atoms with Gasteiger partial charge in [0.05, 0.1) is 19.2 Å². The van der Waals surface area contributed by atoms with E-state index in [1.165, 1.54) is 0 Å². The van der Waals surface area contributed by atoms with Crippen molar-refractivity contribution in [2.75, 3.05) is 25.5 Å². The van der Waals surface area contributed by atoms with Gasteiger partial charge in [0.25, 0.3) is 0 Å². The van der Waals surface area contributed by atoms with Crippen molar-refractivity contribution in [1.29, 1.82) is 0 Å². The minimum atomic E-state index is -0.0266. The molecular weight excluding hydrogens is 254 g/mol. The summed E-state index contributed by atoms with van der Waals surface area (Å²) in [6.07, 6.45) is 2.11. The molecule has 0 aromatic heterocycles. The summed E-state index contributed by atoms with van der Waals surface area (Å²) in [6, 6.07) is 5.35. The highest BCUT2D eigenvalue weighted by atomic mass is 16.5. The van der Waals surface area contributed by atoms with Gasteiger partial charge in [-0.3, -0.25) is 4.79 Å². The van der Waals surface area contributed by atoms with Crippen molar-refractivity contribution < 1.29 is 9.53 Å². The summed E-state index contributed by atoms with van der Waals surface area (Å²) in [5, 5.41) is 2.83. The van der Waals surface area contributed by atoms with Crippen LogP contribution in [0.15, 0.2) is 18.2 Å². The van der Waals surface area contributed by atoms with E-state index >= 15 is 0 Å². The second-order valence-corrected chi connectivity index (χ2v) is 4.21. The molecule has 0 fully saturated rings. The number of hydrogen-bond donors (Lipinski definition) is 3. The van der Waals surface area contributed by atoms with Gasteiger partial charge in [0.2, 0.25) is 5.91 Å². The molecule has 5 heteroatoms. The fraction of sp³-hybridized carbons (Fsp3) is 0.400. The summed E-state index contributed by atoms with van der Waals surface area (Å²) < 4.78 is 5.25. The van der Waals surface area contributed by atoms with Gasteiger partial charge >= 0.3 is 0 Å². The largest absolute Gasteiger partial charge is 0.495 e. The van der Waals surface area contributed by atoms with Crippen molar-refractivity contribution in [3.8, 4) is 17.6 Å². The third-order valence-corrected chi connectivity index (χ3v) is 2.67. The number of rotatable bonds is 6. The second-order valence-electron chi connectivity index (χ2n) is 4.21. The fourth-order valence-electron chi connectivity index (χ4n) is 1.67. The molecule has 0 saturated heterocycles. The zero-order valence-corrected chi connectivity index (χ0v) is 11.7. The molecular formula is C15H21N3O2. The third kappa shape index (κ3) is 5.31. The van der Waals surface area contributed by atoms with Crippen LogP contribution in [0.25, 0.3) is 0 Å². The van der Waals surface area contributed by atoms with E-state index in [9.17, 15) is 4.79 Å². The highest BCUT2D eigenvalue weighted by Crippen LogP contribution is 2.22. The van der Waals surface area contributed by atoms with Crippen LogP contribution < -0.4 is 21.5 Å². The number of carbonyl (C=O) groups excluding carboxylic acids is 1. The van der Waals surface area contributed by atoms with Gasteiger partial charge in [0.15, 0.2) is 0 Å². The Hall–Kier alpha value is -2.03. The summed E-state index contributed by atoms with van der Waals surface area (Å²) in [5.74, 6) is 6.28. The van der Waals surface area contributed by atoms with Crippen molar-refractivity contribution in [2.24, 2.45) is 11.5 Å². The molecule has 108 valence electrons. The quantitative estimate of drug-likeness (QED) is 0.535. The lowest BCUT2D eigenvalue weighted by Gasteiger charge is -2.08. The van der Waals surface area contributed by atoms with Gasteiger partial charge in [0, 0.05) is 18.2 Å². The van der Waals surface area contributed by atoms with Crippen molar-refractivity contribution in [3.63, 3.8) is 0 Å². The lowest BCUT2D eigenvalue weighted by Crippen LogP contribution is -2.12. The number of anilines is 1. The Morgan fingerprint density at radius 1 is 1.35 bits per heavy atom. The first-order chi connectivity index (χ1) is 9.71. The summed E-state index contributed by atoms with van der Waals surface area (Å²) >= 11 is 0. The molecule has 0 heterocycles. The molecule has 0 spiro atoms. The normalized spacial score (nSPS) is 9.55. The number of ether oxygens (including phenoxy) is 1. The number of unbranched alkanes of at least 4 members (excludes halogenated alkanes) is 1. The highest BCUT2D eigenvalue weighted by molar-refractivity contribution is 5.91. The van der Waals surface area contributed by atoms with Crippen LogP contribution in [0.3, 0.4) is 0 Å². The maximum absolute atomic E-state index is 11.7. The molecule has 0 unspecified atom stereocenters. The maximum atomic E-state index is 11.7. The van der Waals surface area contributed by atoms with E-state index in [4.69, 9.17) is 16.2 Å².